The molecule has 2 nitrogen and oxygen atoms in total. The topological polar surface area (TPSA) is 40.5 Å². The van der Waals surface area contributed by atoms with Gasteiger partial charge in [-0.1, -0.05) is 13.0 Å². The Hall–Kier alpha value is -1.02. The number of hydrogen-bond acceptors (Lipinski definition) is 2. The van der Waals surface area contributed by atoms with Gasteiger partial charge in [0.05, 0.1) is 10.2 Å². The summed E-state index contributed by atoms with van der Waals surface area (Å²) in [5.74, 6) is 1.01. The average molecular weight is 276 g/mol. The number of hydrogen-bond donors (Lipinski definition) is 2. The van der Waals surface area contributed by atoms with Gasteiger partial charge >= 0.3 is 0 Å². The highest BCUT2D eigenvalue weighted by molar-refractivity contribution is 5.40. The lowest BCUT2D eigenvalue weighted by Gasteiger charge is -2.50. The Morgan fingerprint density at radius 3 is 3.05 bits per heavy atom. The van der Waals surface area contributed by atoms with Crippen molar-refractivity contribution in [3.63, 3.8) is 0 Å². The van der Waals surface area contributed by atoms with Crippen molar-refractivity contribution < 1.29 is 14.3 Å². The minimum absolute atomic E-state index is 0.0152. The zero-order chi connectivity index (χ0) is 17.2. The molecule has 1 aromatic carbocycles. The van der Waals surface area contributed by atoms with E-state index in [-0.39, 0.29) is 41.3 Å². The van der Waals surface area contributed by atoms with E-state index >= 15 is 0 Å². The van der Waals surface area contributed by atoms with Gasteiger partial charge in [-0.05, 0) is 84.9 Å². The van der Waals surface area contributed by atoms with Crippen molar-refractivity contribution in [1.82, 2.24) is 0 Å². The molecule has 0 radical (unpaired) electrons. The van der Waals surface area contributed by atoms with E-state index < -0.39 is 0 Å². The normalized spacial score (nSPS) is 45.3. The van der Waals surface area contributed by atoms with E-state index in [9.17, 15) is 5.11 Å². The molecule has 0 aromatic heterocycles. The van der Waals surface area contributed by atoms with Crippen LogP contribution in [0.3, 0.4) is 0 Å². The van der Waals surface area contributed by atoms with E-state index in [0.29, 0.717) is 18.3 Å². The van der Waals surface area contributed by atoms with E-state index in [4.69, 9.17) is 5.54 Å². The molecule has 2 heteroatoms. The van der Waals surface area contributed by atoms with Crippen LogP contribution in [0.1, 0.15) is 60.2 Å². The highest BCUT2D eigenvalue weighted by Crippen LogP contribution is 2.60. The molecule has 0 heterocycles. The number of aromatic hydroxyl groups is 1. The second-order valence-corrected chi connectivity index (χ2v) is 7.15. The number of phenolic OH excluding ortho intramolecular Hbond substituents is 1. The molecule has 0 unspecified atom stereocenters. The molecule has 3 aliphatic carbocycles. The van der Waals surface area contributed by atoms with E-state index in [1.165, 1.54) is 0 Å². The van der Waals surface area contributed by atoms with Crippen molar-refractivity contribution in [3.05, 3.63) is 29.3 Å². The second kappa shape index (κ2) is 4.24. The van der Waals surface area contributed by atoms with Crippen LogP contribution < -0.4 is 0 Å². The number of aliphatic hydroxyl groups is 1. The predicted molar refractivity (Wildman–Crippen MR) is 78.7 cm³/mol. The maximum atomic E-state index is 10.4. The minimum Gasteiger partial charge on any atom is -0.508 e. The molecule has 0 amide bonds. The molecule has 2 saturated carbocycles. The van der Waals surface area contributed by atoms with Crippen LogP contribution in [0.15, 0.2) is 18.1 Å². The third kappa shape index (κ3) is 1.60. The van der Waals surface area contributed by atoms with Crippen LogP contribution in [-0.4, -0.2) is 17.8 Å². The summed E-state index contributed by atoms with van der Waals surface area (Å²) in [6, 6.07) is 0.133. The summed E-state index contributed by atoms with van der Waals surface area (Å²) >= 11 is 0. The molecular formula is C18H24O2. The molecule has 5 atom stereocenters. The molecular weight excluding hydrogens is 248 g/mol. The summed E-state index contributed by atoms with van der Waals surface area (Å²) in [6.45, 7) is 2.21. The first kappa shape index (κ1) is 9.09. The fraction of sp³-hybridized carbons (Fsp3) is 0.667. The quantitative estimate of drug-likeness (QED) is 0.822. The summed E-state index contributed by atoms with van der Waals surface area (Å²) in [6.07, 6.45) is 5.20. The van der Waals surface area contributed by atoms with Crippen LogP contribution in [0.4, 0.5) is 0 Å². The van der Waals surface area contributed by atoms with Crippen LogP contribution in [0.2, 0.25) is 0 Å². The van der Waals surface area contributed by atoms with Gasteiger partial charge in [-0.2, -0.15) is 0 Å². The summed E-state index contributed by atoms with van der Waals surface area (Å²) in [5.41, 5.74) is 1.64. The first-order valence-corrected chi connectivity index (χ1v) is 7.84. The molecule has 0 bridgehead atoms. The zero-order valence-corrected chi connectivity index (χ0v) is 11.9. The Morgan fingerprint density at radius 2 is 2.20 bits per heavy atom. The Morgan fingerprint density at radius 1 is 1.30 bits per heavy atom. The summed E-state index contributed by atoms with van der Waals surface area (Å²) in [5, 5.41) is 14.9. The molecule has 0 spiro atoms. The zero-order valence-electron chi connectivity index (χ0n) is 15.9. The standard InChI is InChI=1S/C18H24O2/c1-18-9-8-14-13-5-3-12(19)10-11(13)2-4-15(14)16(18)6-7-17(18)20/h3,5,10,14-17,19-20H,2,4,6-9H2,1H3/t14-,15-,16+,17+,18+/m1/s1/i3D,5D,10D/hD. The smallest absolute Gasteiger partial charge is 0.293 e. The van der Waals surface area contributed by atoms with Gasteiger partial charge < -0.3 is 10.2 Å². The molecule has 20 heavy (non-hydrogen) atoms. The van der Waals surface area contributed by atoms with E-state index in [1.54, 1.807) is 0 Å². The van der Waals surface area contributed by atoms with Crippen molar-refractivity contribution in [1.29, 1.82) is 1.43 Å². The van der Waals surface area contributed by atoms with E-state index in [0.717, 1.165) is 43.2 Å². The molecule has 3 aliphatic rings. The van der Waals surface area contributed by atoms with Crippen LogP contribution in [0.5, 0.6) is 5.75 Å². The monoisotopic (exact) mass is 276 g/mol. The van der Waals surface area contributed by atoms with Crippen LogP contribution >= 0.6 is 0 Å². The predicted octanol–water partition coefficient (Wildman–Crippen LogP) is 3.61. The van der Waals surface area contributed by atoms with E-state index in [1.807, 2.05) is 0 Å². The summed E-state index contributed by atoms with van der Waals surface area (Å²) < 4.78 is 32.0. The number of phenols is 1. The van der Waals surface area contributed by atoms with Gasteiger partial charge in [0.2, 0.25) is 0 Å². The fourth-order valence-corrected chi connectivity index (χ4v) is 5.28. The molecule has 4 rings (SSSR count). The lowest BCUT2D eigenvalue weighted by atomic mass is 9.55. The Labute approximate surface area is 126 Å². The van der Waals surface area contributed by atoms with Gasteiger partial charge in [-0.15, -0.1) is 0 Å². The fourth-order valence-electron chi connectivity index (χ4n) is 5.28. The first-order chi connectivity index (χ1) is 11.4. The maximum absolute atomic E-state index is 10.4. The maximum Gasteiger partial charge on any atom is 0.293 e. The third-order valence-electron chi connectivity index (χ3n) is 6.39. The molecule has 108 valence electrons. The highest BCUT2D eigenvalue weighted by Gasteiger charge is 2.54. The van der Waals surface area contributed by atoms with Gasteiger partial charge in [0, 0.05) is 0 Å². The SMILES string of the molecule is [2H]Oc1c([2H])c([2H])c2c(c1[2H])CC[C@@H]1[C@@H]2CC[C@]2(C)[C@@H](O)CC[C@@H]12. The lowest BCUT2D eigenvalue weighted by molar-refractivity contribution is -0.0226. The van der Waals surface area contributed by atoms with Gasteiger partial charge in [0.25, 0.3) is 1.43 Å². The summed E-state index contributed by atoms with van der Waals surface area (Å²) in [4.78, 5) is 0. The van der Waals surface area contributed by atoms with Crippen LogP contribution in [0.25, 0.3) is 0 Å². The van der Waals surface area contributed by atoms with Crippen molar-refractivity contribution >= 4 is 0 Å². The van der Waals surface area contributed by atoms with Crippen molar-refractivity contribution in [2.75, 3.05) is 0 Å². The molecule has 0 saturated heterocycles. The Kier molecular flexibility index (Phi) is 1.93. The number of aliphatic hydroxyl groups excluding tert-OH is 1. The van der Waals surface area contributed by atoms with Gasteiger partial charge in [0.15, 0.2) is 0 Å². The second-order valence-electron chi connectivity index (χ2n) is 7.15. The largest absolute Gasteiger partial charge is 0.508 e. The summed E-state index contributed by atoms with van der Waals surface area (Å²) in [7, 11) is 0. The number of fused-ring (bicyclic) bond motifs is 5. The van der Waals surface area contributed by atoms with Gasteiger partial charge in [-0.3, -0.25) is 0 Å². The average Bonchev–Trinajstić information content (AvgIpc) is 2.88. The van der Waals surface area contributed by atoms with Crippen molar-refractivity contribution in [2.24, 2.45) is 17.3 Å². The first-order valence-electron chi connectivity index (χ1n) is 9.74. The molecule has 2 N–H and O–H groups in total. The molecule has 0 aliphatic heterocycles. The molecule has 1 aromatic rings. The van der Waals surface area contributed by atoms with Crippen molar-refractivity contribution in [3.8, 4) is 5.75 Å². The lowest BCUT2D eigenvalue weighted by Crippen LogP contribution is -2.43. The highest BCUT2D eigenvalue weighted by atomic mass is 16.3. The minimum atomic E-state index is -0.224. The van der Waals surface area contributed by atoms with Gasteiger partial charge in [-0.25, -0.2) is 0 Å². The Bertz CT molecular complexity index is 692. The number of rotatable bonds is 1. The van der Waals surface area contributed by atoms with Crippen LogP contribution in [0, 0.1) is 17.3 Å². The van der Waals surface area contributed by atoms with E-state index in [2.05, 4.69) is 12.0 Å². The van der Waals surface area contributed by atoms with Gasteiger partial charge in [0.1, 0.15) is 5.75 Å². The van der Waals surface area contributed by atoms with Crippen LogP contribution in [-0.2, 0) is 6.42 Å². The number of benzene rings is 1. The van der Waals surface area contributed by atoms with Crippen molar-refractivity contribution in [2.45, 2.75) is 57.5 Å². The molecule has 2 fully saturated rings. The Balaban J connectivity index is 1.81. The third-order valence-corrected chi connectivity index (χ3v) is 6.39.